The molecule has 1 fully saturated rings. The quantitative estimate of drug-likeness (QED) is 0.416. The molecule has 1 saturated carbocycles. The van der Waals surface area contributed by atoms with Crippen molar-refractivity contribution in [3.63, 3.8) is 0 Å². The van der Waals surface area contributed by atoms with Gasteiger partial charge in [-0.25, -0.2) is 22.9 Å². The largest absolute Gasteiger partial charge is 0.480 e. The van der Waals surface area contributed by atoms with Crippen LogP contribution in [0.1, 0.15) is 41.6 Å². The van der Waals surface area contributed by atoms with E-state index in [1.165, 1.54) is 25.4 Å². The summed E-state index contributed by atoms with van der Waals surface area (Å²) in [7, 11) is -2.57. The number of nitrogens with one attached hydrogen (secondary N) is 3. The van der Waals surface area contributed by atoms with E-state index >= 15 is 0 Å². The van der Waals surface area contributed by atoms with E-state index in [1.54, 1.807) is 18.2 Å². The highest BCUT2D eigenvalue weighted by atomic mass is 79.9. The zero-order chi connectivity index (χ0) is 24.7. The van der Waals surface area contributed by atoms with Crippen LogP contribution in [0, 0.1) is 0 Å². The van der Waals surface area contributed by atoms with Crippen molar-refractivity contribution in [2.24, 2.45) is 0 Å². The second-order valence-corrected chi connectivity index (χ2v) is 11.1. The van der Waals surface area contributed by atoms with Crippen LogP contribution in [0.25, 0.3) is 0 Å². The summed E-state index contributed by atoms with van der Waals surface area (Å²) in [4.78, 5) is 28.6. The zero-order valence-corrected chi connectivity index (χ0v) is 21.7. The third-order valence-electron chi connectivity index (χ3n) is 5.41. The molecule has 3 amide bonds. The first kappa shape index (κ1) is 26.2. The molecule has 0 radical (unpaired) electrons. The number of methoxy groups -OCH3 is 1. The third kappa shape index (κ3) is 7.31. The first-order chi connectivity index (χ1) is 16.2. The van der Waals surface area contributed by atoms with Crippen molar-refractivity contribution in [1.82, 2.24) is 20.3 Å². The number of urea groups is 1. The number of benzene rings is 1. The first-order valence-electron chi connectivity index (χ1n) is 10.7. The number of nitrogens with zero attached hydrogens (tertiary/aromatic N) is 1. The Balaban J connectivity index is 1.50. The molecule has 1 aromatic carbocycles. The number of hydrogen-bond acceptors (Lipinski definition) is 6. The molecule has 0 spiro atoms. The number of carbonyl (C=O) groups excluding carboxylic acids is 2. The van der Waals surface area contributed by atoms with E-state index < -0.39 is 16.1 Å². The van der Waals surface area contributed by atoms with Crippen molar-refractivity contribution >= 4 is 49.5 Å². The van der Waals surface area contributed by atoms with Crippen LogP contribution in [0.5, 0.6) is 5.88 Å². The molecule has 34 heavy (non-hydrogen) atoms. The average molecular weight is 574 g/mol. The predicted molar refractivity (Wildman–Crippen MR) is 132 cm³/mol. The number of sulfonamides is 1. The van der Waals surface area contributed by atoms with E-state index in [9.17, 15) is 18.0 Å². The third-order valence-corrected chi connectivity index (χ3v) is 7.62. The molecule has 1 aliphatic rings. The number of halogens is 2. The Kier molecular flexibility index (Phi) is 9.15. The highest BCUT2D eigenvalue weighted by Crippen LogP contribution is 2.23. The van der Waals surface area contributed by atoms with Crippen LogP contribution < -0.4 is 20.1 Å². The van der Waals surface area contributed by atoms with Crippen LogP contribution in [-0.2, 0) is 16.4 Å². The van der Waals surface area contributed by atoms with Crippen molar-refractivity contribution < 1.29 is 22.7 Å². The van der Waals surface area contributed by atoms with E-state index in [0.717, 1.165) is 31.2 Å². The molecule has 0 aliphatic heterocycles. The molecule has 0 bridgehead atoms. The normalized spacial score (nSPS) is 18.1. The van der Waals surface area contributed by atoms with Gasteiger partial charge in [0, 0.05) is 28.6 Å². The summed E-state index contributed by atoms with van der Waals surface area (Å²) in [6.07, 6.45) is 5.03. The lowest BCUT2D eigenvalue weighted by molar-refractivity contribution is 0.0950. The Labute approximate surface area is 212 Å². The summed E-state index contributed by atoms with van der Waals surface area (Å²) >= 11 is 9.34. The molecule has 0 atom stereocenters. The van der Waals surface area contributed by atoms with Gasteiger partial charge in [0.2, 0.25) is 5.88 Å². The number of pyridine rings is 1. The van der Waals surface area contributed by atoms with Crippen LogP contribution in [0.2, 0.25) is 0 Å². The molecule has 0 saturated heterocycles. The number of rotatable bonds is 8. The van der Waals surface area contributed by atoms with Gasteiger partial charge in [-0.15, -0.1) is 11.6 Å². The van der Waals surface area contributed by atoms with Gasteiger partial charge in [0.1, 0.15) is 5.56 Å². The van der Waals surface area contributed by atoms with Crippen LogP contribution in [0.4, 0.5) is 4.79 Å². The lowest BCUT2D eigenvalue weighted by Gasteiger charge is -2.25. The second-order valence-electron chi connectivity index (χ2n) is 7.89. The van der Waals surface area contributed by atoms with Crippen molar-refractivity contribution in [2.45, 2.75) is 48.4 Å². The second kappa shape index (κ2) is 11.9. The lowest BCUT2D eigenvalue weighted by atomic mass is 9.95. The van der Waals surface area contributed by atoms with Gasteiger partial charge < -0.3 is 15.4 Å². The molecule has 3 N–H and O–H groups in total. The molecule has 3 rings (SSSR count). The van der Waals surface area contributed by atoms with Crippen LogP contribution in [-0.4, -0.2) is 50.4 Å². The molecule has 0 unspecified atom stereocenters. The molecular weight excluding hydrogens is 548 g/mol. The minimum atomic E-state index is -4.00. The van der Waals surface area contributed by atoms with Gasteiger partial charge >= 0.3 is 6.03 Å². The summed E-state index contributed by atoms with van der Waals surface area (Å²) in [6, 6.07) is 6.91. The molecule has 1 aromatic heterocycles. The minimum absolute atomic E-state index is 0.0233. The SMILES string of the molecule is COc1ncc(Br)cc1C(=O)NCCc1ccc(S(=O)(=O)NC(=O)NC2CCC(Cl)CC2)cc1. The Morgan fingerprint density at radius 1 is 1.18 bits per heavy atom. The Bertz CT molecular complexity index is 1120. The summed E-state index contributed by atoms with van der Waals surface area (Å²) in [5, 5.41) is 5.59. The summed E-state index contributed by atoms with van der Waals surface area (Å²) in [6.45, 7) is 0.325. The number of aromatic nitrogens is 1. The van der Waals surface area contributed by atoms with E-state index in [4.69, 9.17) is 16.3 Å². The molecule has 1 aliphatic carbocycles. The van der Waals surface area contributed by atoms with Crippen molar-refractivity contribution in [1.29, 1.82) is 0 Å². The molecule has 12 heteroatoms. The zero-order valence-electron chi connectivity index (χ0n) is 18.5. The maximum atomic E-state index is 12.5. The van der Waals surface area contributed by atoms with E-state index in [-0.39, 0.29) is 28.1 Å². The maximum Gasteiger partial charge on any atom is 0.328 e. The van der Waals surface area contributed by atoms with E-state index in [1.807, 2.05) is 0 Å². The highest BCUT2D eigenvalue weighted by Gasteiger charge is 2.23. The molecule has 184 valence electrons. The van der Waals surface area contributed by atoms with E-state index in [2.05, 4.69) is 36.3 Å². The number of alkyl halides is 1. The Morgan fingerprint density at radius 2 is 1.85 bits per heavy atom. The number of amides is 3. The van der Waals surface area contributed by atoms with Crippen LogP contribution in [0.3, 0.4) is 0 Å². The summed E-state index contributed by atoms with van der Waals surface area (Å²) in [5.41, 5.74) is 1.12. The van der Waals surface area contributed by atoms with Crippen molar-refractivity contribution in [3.05, 3.63) is 52.1 Å². The molecular formula is C22H26BrClN4O5S. The van der Waals surface area contributed by atoms with Gasteiger partial charge in [-0.05, 0) is 71.8 Å². The molecule has 1 heterocycles. The Morgan fingerprint density at radius 3 is 2.50 bits per heavy atom. The number of ether oxygens (including phenoxy) is 1. The molecule has 9 nitrogen and oxygen atoms in total. The molecule has 2 aromatic rings. The van der Waals surface area contributed by atoms with Crippen molar-refractivity contribution in [2.75, 3.05) is 13.7 Å². The monoisotopic (exact) mass is 572 g/mol. The fourth-order valence-electron chi connectivity index (χ4n) is 3.60. The summed E-state index contributed by atoms with van der Waals surface area (Å²) < 4.78 is 32.9. The maximum absolute atomic E-state index is 12.5. The van der Waals surface area contributed by atoms with E-state index in [0.29, 0.717) is 23.0 Å². The first-order valence-corrected chi connectivity index (χ1v) is 13.4. The van der Waals surface area contributed by atoms with Gasteiger partial charge in [0.25, 0.3) is 15.9 Å². The highest BCUT2D eigenvalue weighted by molar-refractivity contribution is 9.10. The average Bonchev–Trinajstić information content (AvgIpc) is 2.80. The van der Waals surface area contributed by atoms with Gasteiger partial charge in [-0.2, -0.15) is 0 Å². The smallest absolute Gasteiger partial charge is 0.328 e. The fraction of sp³-hybridized carbons (Fsp3) is 0.409. The standard InChI is InChI=1S/C22H26BrClN4O5S/c1-33-21-19(12-15(23)13-26-21)20(29)25-11-10-14-2-8-18(9-3-14)34(31,32)28-22(30)27-17-6-4-16(24)5-7-17/h2-3,8-9,12-13,16-17H,4-7,10-11H2,1H3,(H,25,29)(H2,27,28,30). The number of hydrogen-bond donors (Lipinski definition) is 3. The van der Waals surface area contributed by atoms with Crippen LogP contribution in [0.15, 0.2) is 45.9 Å². The van der Waals surface area contributed by atoms with Crippen LogP contribution >= 0.6 is 27.5 Å². The van der Waals surface area contributed by atoms with Gasteiger partial charge in [0.05, 0.1) is 12.0 Å². The minimum Gasteiger partial charge on any atom is -0.480 e. The Hall–Kier alpha value is -2.37. The van der Waals surface area contributed by atoms with Crippen molar-refractivity contribution in [3.8, 4) is 5.88 Å². The lowest BCUT2D eigenvalue weighted by Crippen LogP contribution is -2.45. The van der Waals surface area contributed by atoms with Gasteiger partial charge in [0.15, 0.2) is 0 Å². The number of carbonyl (C=O) groups is 2. The topological polar surface area (TPSA) is 126 Å². The van der Waals surface area contributed by atoms with Gasteiger partial charge in [-0.1, -0.05) is 12.1 Å². The van der Waals surface area contributed by atoms with Gasteiger partial charge in [-0.3, -0.25) is 4.79 Å². The predicted octanol–water partition coefficient (Wildman–Crippen LogP) is 3.36. The summed E-state index contributed by atoms with van der Waals surface area (Å²) in [5.74, 6) is -0.113. The fourth-order valence-corrected chi connectivity index (χ4v) is 5.09.